The zero-order valence-electron chi connectivity index (χ0n) is 12.4. The summed E-state index contributed by atoms with van der Waals surface area (Å²) < 4.78 is 125. The molecule has 0 N–H and O–H groups in total. The zero-order chi connectivity index (χ0) is 20.1. The molecule has 0 spiro atoms. The molecule has 0 amide bonds. The third kappa shape index (κ3) is 7.74. The van der Waals surface area contributed by atoms with E-state index in [0.29, 0.717) is 0 Å². The smallest absolute Gasteiger partial charge is 0.265 e. The fourth-order valence-corrected chi connectivity index (χ4v) is 1.41. The summed E-state index contributed by atoms with van der Waals surface area (Å²) in [6.45, 7) is 3.18. The van der Waals surface area contributed by atoms with Crippen molar-refractivity contribution in [2.24, 2.45) is 7.05 Å². The van der Waals surface area contributed by atoms with Gasteiger partial charge in [0, 0.05) is 0 Å². The van der Waals surface area contributed by atoms with Crippen LogP contribution in [0.4, 0.5) is 43.9 Å². The highest BCUT2D eigenvalue weighted by Gasteiger charge is 2.62. The van der Waals surface area contributed by atoms with Gasteiger partial charge in [-0.05, 0) is 6.92 Å². The van der Waals surface area contributed by atoms with E-state index in [0.717, 1.165) is 6.54 Å². The summed E-state index contributed by atoms with van der Waals surface area (Å²) in [4.78, 5) is 0. The van der Waals surface area contributed by atoms with E-state index in [9.17, 15) is 43.9 Å². The largest absolute Gasteiger partial charge is 0.483 e. The van der Waals surface area contributed by atoms with Gasteiger partial charge in [0.25, 0.3) is 0 Å². The minimum Gasteiger partial charge on any atom is -0.265 e. The Kier molecular flexibility index (Phi) is 8.11. The monoisotopic (exact) mass is 413 g/mol. The van der Waals surface area contributed by atoms with Gasteiger partial charge in [-0.1, -0.05) is 0 Å². The normalized spacial score (nSPS) is 13.4. The second kappa shape index (κ2) is 8.49. The van der Waals surface area contributed by atoms with Crippen molar-refractivity contribution in [2.45, 2.75) is 38.0 Å². The molecule has 1 aromatic rings. The van der Waals surface area contributed by atoms with Crippen molar-refractivity contribution in [1.82, 2.24) is 4.57 Å². The fraction of sp³-hybridized carbons (Fsp3) is 0.700. The molecule has 0 saturated carbocycles. The van der Waals surface area contributed by atoms with Crippen molar-refractivity contribution in [3.63, 3.8) is 0 Å². The molecule has 0 aliphatic heterocycles. The Morgan fingerprint density at radius 3 is 1.48 bits per heavy atom. The van der Waals surface area contributed by atoms with Gasteiger partial charge in [0.1, 0.15) is 12.4 Å². The Morgan fingerprint density at radius 2 is 1.28 bits per heavy atom. The highest BCUT2D eigenvalue weighted by molar-refractivity contribution is 7.26. The molecule has 15 heteroatoms. The summed E-state index contributed by atoms with van der Waals surface area (Å²) in [5.74, 6) is 0. The first kappa shape index (κ1) is 23.9. The van der Waals surface area contributed by atoms with Crippen LogP contribution in [-0.2, 0) is 22.6 Å². The molecule has 0 bridgehead atoms. The maximum Gasteiger partial charge on any atom is 0.483 e. The molecule has 148 valence electrons. The predicted octanol–water partition coefficient (Wildman–Crippen LogP) is 4.17. The van der Waals surface area contributed by atoms with E-state index in [1.54, 1.807) is 0 Å². The van der Waals surface area contributed by atoms with E-state index in [2.05, 4.69) is 33.1 Å². The molecular formula is C10H12F10N2O2P+. The van der Waals surface area contributed by atoms with Crippen LogP contribution in [0, 0.1) is 0 Å². The second-order valence-electron chi connectivity index (χ2n) is 4.23. The third-order valence-electron chi connectivity index (χ3n) is 2.19. The number of hydrogen-bond acceptors (Lipinski definition) is 2. The summed E-state index contributed by atoms with van der Waals surface area (Å²) in [6.07, 6.45) is -18.1. The molecule has 25 heavy (non-hydrogen) atoms. The van der Waals surface area contributed by atoms with Crippen LogP contribution in [0.1, 0.15) is 6.92 Å². The number of aryl methyl sites for hydroxylation is 2. The van der Waals surface area contributed by atoms with E-state index < -0.39 is 33.6 Å². The van der Waals surface area contributed by atoms with E-state index in [-0.39, 0.29) is 0 Å². The molecule has 1 rings (SSSR count). The summed E-state index contributed by atoms with van der Waals surface area (Å²) in [5, 5.41) is 0. The van der Waals surface area contributed by atoms with E-state index in [4.69, 9.17) is 0 Å². The van der Waals surface area contributed by atoms with Crippen molar-refractivity contribution < 1.29 is 57.5 Å². The zero-order valence-corrected chi connectivity index (χ0v) is 13.4. The minimum atomic E-state index is -6.25. The highest BCUT2D eigenvalue weighted by atomic mass is 31.1. The van der Waals surface area contributed by atoms with Gasteiger partial charge < -0.3 is 0 Å². The standard InChI is InChI=1S/C6H11N2.C4HF10O2P/c1-3-8-5-4-7(2)6-8;5-1(6,7)3(11,12)15-17-16-4(13,14)2(8,9)10/h4-6H,3H2,1-2H3;17H/q+1;. The van der Waals surface area contributed by atoms with Crippen LogP contribution in [0.3, 0.4) is 0 Å². The van der Waals surface area contributed by atoms with Crippen molar-refractivity contribution in [1.29, 1.82) is 0 Å². The maximum atomic E-state index is 11.9. The average molecular weight is 413 g/mol. The summed E-state index contributed by atoms with van der Waals surface area (Å²) in [5.41, 5.74) is 0. The van der Waals surface area contributed by atoms with Crippen molar-refractivity contribution in [3.8, 4) is 0 Å². The summed E-state index contributed by atoms with van der Waals surface area (Å²) >= 11 is 0. The average Bonchev–Trinajstić information content (AvgIpc) is 2.82. The molecule has 0 unspecified atom stereocenters. The van der Waals surface area contributed by atoms with Gasteiger partial charge >= 0.3 is 24.6 Å². The lowest BCUT2D eigenvalue weighted by Crippen LogP contribution is -2.39. The van der Waals surface area contributed by atoms with Gasteiger partial charge in [-0.2, -0.15) is 43.9 Å². The second-order valence-corrected chi connectivity index (χ2v) is 4.80. The molecule has 0 saturated heterocycles. The van der Waals surface area contributed by atoms with Crippen LogP contribution in [0.25, 0.3) is 0 Å². The molecular weight excluding hydrogens is 401 g/mol. The Bertz CT molecular complexity index is 503. The first-order valence-corrected chi connectivity index (χ1v) is 6.86. The number of halogens is 10. The molecule has 0 atom stereocenters. The van der Waals surface area contributed by atoms with Crippen LogP contribution in [-0.4, -0.2) is 29.1 Å². The molecule has 0 aliphatic carbocycles. The SMILES string of the molecule is CCn1cc[n+](C)c1.FC(F)(F)C(F)(F)OPOC(F)(F)C(F)(F)F. The molecule has 1 heterocycles. The van der Waals surface area contributed by atoms with E-state index in [1.165, 1.54) is 0 Å². The van der Waals surface area contributed by atoms with Crippen LogP contribution in [0.5, 0.6) is 0 Å². The Labute approximate surface area is 136 Å². The van der Waals surface area contributed by atoms with Gasteiger partial charge in [0.2, 0.25) is 6.33 Å². The van der Waals surface area contributed by atoms with Crippen LogP contribution < -0.4 is 4.57 Å². The van der Waals surface area contributed by atoms with Crippen molar-refractivity contribution >= 4 is 9.03 Å². The lowest BCUT2D eigenvalue weighted by Gasteiger charge is -2.22. The lowest BCUT2D eigenvalue weighted by atomic mass is 10.6. The van der Waals surface area contributed by atoms with Crippen LogP contribution in [0.15, 0.2) is 18.7 Å². The topological polar surface area (TPSA) is 27.3 Å². The minimum absolute atomic E-state index is 1.06. The first-order chi connectivity index (χ1) is 11.0. The molecule has 1 aromatic heterocycles. The van der Waals surface area contributed by atoms with Crippen molar-refractivity contribution in [2.75, 3.05) is 0 Å². The number of alkyl halides is 10. The molecule has 0 radical (unpaired) electrons. The van der Waals surface area contributed by atoms with Gasteiger partial charge in [-0.25, -0.2) is 9.13 Å². The van der Waals surface area contributed by atoms with E-state index in [1.807, 2.05) is 17.8 Å². The van der Waals surface area contributed by atoms with Crippen molar-refractivity contribution in [3.05, 3.63) is 18.7 Å². The first-order valence-electron chi connectivity index (χ1n) is 6.04. The molecule has 4 nitrogen and oxygen atoms in total. The van der Waals surface area contributed by atoms with Gasteiger partial charge in [0.05, 0.1) is 13.6 Å². The molecule has 0 fully saturated rings. The maximum absolute atomic E-state index is 11.9. The summed E-state index contributed by atoms with van der Waals surface area (Å²) in [7, 11) is -0.838. The number of imidazole rings is 1. The number of rotatable bonds is 5. The Balaban J connectivity index is 0.000000593. The molecule has 0 aromatic carbocycles. The van der Waals surface area contributed by atoms with Gasteiger partial charge in [0.15, 0.2) is 9.03 Å². The van der Waals surface area contributed by atoms with Crippen LogP contribution >= 0.6 is 9.03 Å². The predicted molar refractivity (Wildman–Crippen MR) is 63.8 cm³/mol. The van der Waals surface area contributed by atoms with Gasteiger partial charge in [-0.3, -0.25) is 9.05 Å². The summed E-state index contributed by atoms with van der Waals surface area (Å²) in [6, 6.07) is 0. The number of nitrogens with zero attached hydrogens (tertiary/aromatic N) is 2. The lowest BCUT2D eigenvalue weighted by molar-refractivity contribution is -0.671. The number of aromatic nitrogens is 2. The Morgan fingerprint density at radius 1 is 0.880 bits per heavy atom. The van der Waals surface area contributed by atoms with Crippen LogP contribution in [0.2, 0.25) is 0 Å². The van der Waals surface area contributed by atoms with Gasteiger partial charge in [-0.15, -0.1) is 0 Å². The third-order valence-corrected chi connectivity index (χ3v) is 2.87. The fourth-order valence-electron chi connectivity index (χ4n) is 0.930. The highest BCUT2D eigenvalue weighted by Crippen LogP contribution is 2.46. The quantitative estimate of drug-likeness (QED) is 0.412. The number of hydrogen-bond donors (Lipinski definition) is 0. The Hall–Kier alpha value is -1.14. The van der Waals surface area contributed by atoms with E-state index >= 15 is 0 Å². The molecule has 0 aliphatic rings.